The van der Waals surface area contributed by atoms with Crippen LogP contribution in [0.5, 0.6) is 11.5 Å². The molecule has 0 aliphatic rings. The van der Waals surface area contributed by atoms with Crippen molar-refractivity contribution in [1.29, 1.82) is 0 Å². The summed E-state index contributed by atoms with van der Waals surface area (Å²) in [6, 6.07) is 10.6. The Labute approximate surface area is 157 Å². The molecule has 2 aromatic rings. The number of rotatable bonds is 7. The van der Waals surface area contributed by atoms with Gasteiger partial charge in [-0.15, -0.1) is 0 Å². The molecule has 0 saturated carbocycles. The number of methoxy groups -OCH3 is 2. The molecular weight excluding hydrogens is 356 g/mol. The number of amides is 2. The van der Waals surface area contributed by atoms with Gasteiger partial charge in [-0.2, -0.15) is 0 Å². The summed E-state index contributed by atoms with van der Waals surface area (Å²) in [6.45, 7) is 2.05. The highest BCUT2D eigenvalue weighted by Gasteiger charge is 2.15. The molecule has 2 rings (SSSR count). The van der Waals surface area contributed by atoms with Crippen molar-refractivity contribution in [2.75, 3.05) is 24.9 Å². The number of ether oxygens (including phenoxy) is 2. The number of hydrogen-bond acceptors (Lipinski definition) is 4. The van der Waals surface area contributed by atoms with Gasteiger partial charge >= 0.3 is 0 Å². The van der Waals surface area contributed by atoms with E-state index in [-0.39, 0.29) is 6.42 Å². The van der Waals surface area contributed by atoms with Crippen LogP contribution in [0.25, 0.3) is 0 Å². The highest BCUT2D eigenvalue weighted by molar-refractivity contribution is 6.32. The van der Waals surface area contributed by atoms with Crippen LogP contribution in [0, 0.1) is 0 Å². The van der Waals surface area contributed by atoms with Gasteiger partial charge in [-0.25, -0.2) is 0 Å². The first-order valence-electron chi connectivity index (χ1n) is 8.07. The molecule has 138 valence electrons. The van der Waals surface area contributed by atoms with Crippen molar-refractivity contribution in [3.63, 3.8) is 0 Å². The van der Waals surface area contributed by atoms with Gasteiger partial charge in [0.05, 0.1) is 24.9 Å². The molecule has 0 heterocycles. The minimum Gasteiger partial charge on any atom is -0.495 e. The summed E-state index contributed by atoms with van der Waals surface area (Å²) in [5, 5.41) is 5.69. The van der Waals surface area contributed by atoms with E-state index in [0.29, 0.717) is 27.9 Å². The van der Waals surface area contributed by atoms with E-state index in [0.717, 1.165) is 6.42 Å². The largest absolute Gasteiger partial charge is 0.495 e. The van der Waals surface area contributed by atoms with Gasteiger partial charge in [0, 0.05) is 17.8 Å². The molecule has 0 spiro atoms. The molecule has 2 N–H and O–H groups in total. The standard InChI is InChI=1S/C19H21ClN2O4/c1-4-12-5-7-13(8-6-12)21-18(23)11-19(24)22-15-10-16(25-2)14(20)9-17(15)26-3/h5-10H,4,11H2,1-3H3,(H,21,23)(H,22,24). The van der Waals surface area contributed by atoms with Crippen LogP contribution in [0.2, 0.25) is 5.02 Å². The van der Waals surface area contributed by atoms with Crippen molar-refractivity contribution >= 4 is 34.8 Å². The molecule has 2 amide bonds. The van der Waals surface area contributed by atoms with E-state index in [1.165, 1.54) is 25.8 Å². The van der Waals surface area contributed by atoms with Crippen LogP contribution in [0.15, 0.2) is 36.4 Å². The smallest absolute Gasteiger partial charge is 0.233 e. The van der Waals surface area contributed by atoms with Crippen molar-refractivity contribution < 1.29 is 19.1 Å². The Kier molecular flexibility index (Phi) is 6.86. The number of hydrogen-bond donors (Lipinski definition) is 2. The minimum atomic E-state index is -0.477. The molecule has 0 bridgehead atoms. The fourth-order valence-corrected chi connectivity index (χ4v) is 2.56. The lowest BCUT2D eigenvalue weighted by Gasteiger charge is -2.13. The quantitative estimate of drug-likeness (QED) is 0.719. The van der Waals surface area contributed by atoms with Crippen LogP contribution < -0.4 is 20.1 Å². The second kappa shape index (κ2) is 9.10. The maximum absolute atomic E-state index is 12.2. The second-order valence-corrected chi connectivity index (χ2v) is 5.92. The molecule has 0 aromatic heterocycles. The van der Waals surface area contributed by atoms with Crippen molar-refractivity contribution in [3.05, 3.63) is 47.0 Å². The molecule has 0 aliphatic heterocycles. The lowest BCUT2D eigenvalue weighted by molar-refractivity contribution is -0.123. The molecule has 0 atom stereocenters. The van der Waals surface area contributed by atoms with Gasteiger partial charge in [0.1, 0.15) is 17.9 Å². The molecule has 26 heavy (non-hydrogen) atoms. The van der Waals surface area contributed by atoms with E-state index in [9.17, 15) is 9.59 Å². The van der Waals surface area contributed by atoms with Crippen LogP contribution in [-0.2, 0) is 16.0 Å². The molecule has 0 unspecified atom stereocenters. The number of carbonyl (C=O) groups is 2. The summed E-state index contributed by atoms with van der Waals surface area (Å²) in [6.07, 6.45) is 0.590. The Morgan fingerprint density at radius 3 is 2.15 bits per heavy atom. The minimum absolute atomic E-state index is 0.330. The molecule has 0 fully saturated rings. The normalized spacial score (nSPS) is 10.2. The molecule has 6 nitrogen and oxygen atoms in total. The van der Waals surface area contributed by atoms with Crippen LogP contribution >= 0.6 is 11.6 Å². The average Bonchev–Trinajstić information content (AvgIpc) is 2.63. The van der Waals surface area contributed by atoms with E-state index in [1.807, 2.05) is 24.3 Å². The molecule has 0 aliphatic carbocycles. The highest BCUT2D eigenvalue weighted by Crippen LogP contribution is 2.35. The van der Waals surface area contributed by atoms with Gasteiger partial charge in [0.15, 0.2) is 0 Å². The maximum atomic E-state index is 12.2. The lowest BCUT2D eigenvalue weighted by Crippen LogP contribution is -2.21. The van der Waals surface area contributed by atoms with E-state index >= 15 is 0 Å². The van der Waals surface area contributed by atoms with Crippen LogP contribution in [0.3, 0.4) is 0 Å². The highest BCUT2D eigenvalue weighted by atomic mass is 35.5. The second-order valence-electron chi connectivity index (χ2n) is 5.51. The third-order valence-corrected chi connectivity index (χ3v) is 4.01. The van der Waals surface area contributed by atoms with Crippen molar-refractivity contribution in [2.24, 2.45) is 0 Å². The zero-order chi connectivity index (χ0) is 19.1. The third-order valence-electron chi connectivity index (χ3n) is 3.72. The maximum Gasteiger partial charge on any atom is 0.233 e. The van der Waals surface area contributed by atoms with Gasteiger partial charge in [-0.3, -0.25) is 9.59 Å². The summed E-state index contributed by atoms with van der Waals surface area (Å²) >= 11 is 6.03. The monoisotopic (exact) mass is 376 g/mol. The number of anilines is 2. The third kappa shape index (κ3) is 5.13. The summed E-state index contributed by atoms with van der Waals surface area (Å²) in [4.78, 5) is 24.2. The topological polar surface area (TPSA) is 76.7 Å². The first-order chi connectivity index (χ1) is 12.5. The van der Waals surface area contributed by atoms with Gasteiger partial charge in [0.25, 0.3) is 0 Å². The average molecular weight is 377 g/mol. The summed E-state index contributed by atoms with van der Waals surface area (Å²) in [7, 11) is 2.93. The molecule has 0 saturated heterocycles. The zero-order valence-corrected chi connectivity index (χ0v) is 15.6. The number of carbonyl (C=O) groups excluding carboxylic acids is 2. The van der Waals surface area contributed by atoms with Crippen molar-refractivity contribution in [3.8, 4) is 11.5 Å². The summed E-state index contributed by atoms with van der Waals surface area (Å²) in [5.41, 5.74) is 2.19. The molecule has 0 radical (unpaired) electrons. The Bertz CT molecular complexity index is 791. The summed E-state index contributed by atoms with van der Waals surface area (Å²) in [5.74, 6) is -0.120. The zero-order valence-electron chi connectivity index (χ0n) is 14.9. The Balaban J connectivity index is 2.00. The van der Waals surface area contributed by atoms with Crippen molar-refractivity contribution in [2.45, 2.75) is 19.8 Å². The Morgan fingerprint density at radius 1 is 0.962 bits per heavy atom. The van der Waals surface area contributed by atoms with Crippen LogP contribution in [-0.4, -0.2) is 26.0 Å². The van der Waals surface area contributed by atoms with E-state index in [1.54, 1.807) is 6.07 Å². The number of benzene rings is 2. The Hall–Kier alpha value is -2.73. The van der Waals surface area contributed by atoms with Gasteiger partial charge in [-0.05, 0) is 24.1 Å². The molecular formula is C19H21ClN2O4. The fourth-order valence-electron chi connectivity index (χ4n) is 2.33. The SMILES string of the molecule is CCc1ccc(NC(=O)CC(=O)Nc2cc(OC)c(Cl)cc2OC)cc1. The van der Waals surface area contributed by atoms with Crippen LogP contribution in [0.4, 0.5) is 11.4 Å². The predicted molar refractivity (Wildman–Crippen MR) is 102 cm³/mol. The van der Waals surface area contributed by atoms with E-state index in [2.05, 4.69) is 17.6 Å². The summed E-state index contributed by atoms with van der Waals surface area (Å²) < 4.78 is 10.3. The van der Waals surface area contributed by atoms with Crippen LogP contribution in [0.1, 0.15) is 18.9 Å². The number of nitrogens with one attached hydrogen (secondary N) is 2. The van der Waals surface area contributed by atoms with Gasteiger partial charge < -0.3 is 20.1 Å². The van der Waals surface area contributed by atoms with E-state index in [4.69, 9.17) is 21.1 Å². The van der Waals surface area contributed by atoms with E-state index < -0.39 is 11.8 Å². The fraction of sp³-hybridized carbons (Fsp3) is 0.263. The first kappa shape index (κ1) is 19.6. The van der Waals surface area contributed by atoms with Crippen molar-refractivity contribution in [1.82, 2.24) is 0 Å². The predicted octanol–water partition coefficient (Wildman–Crippen LogP) is 3.89. The van der Waals surface area contributed by atoms with Gasteiger partial charge in [-0.1, -0.05) is 30.7 Å². The molecule has 2 aromatic carbocycles. The number of halogens is 1. The Morgan fingerprint density at radius 2 is 1.58 bits per heavy atom. The molecule has 7 heteroatoms. The van der Waals surface area contributed by atoms with Gasteiger partial charge in [0.2, 0.25) is 11.8 Å². The number of aryl methyl sites for hydroxylation is 1. The lowest BCUT2D eigenvalue weighted by atomic mass is 10.1. The first-order valence-corrected chi connectivity index (χ1v) is 8.44.